The van der Waals surface area contributed by atoms with Crippen molar-refractivity contribution in [1.29, 1.82) is 0 Å². The molecule has 2 aromatic rings. The molecule has 0 saturated carbocycles. The molecule has 0 radical (unpaired) electrons. The summed E-state index contributed by atoms with van der Waals surface area (Å²) in [5, 5.41) is 5.18. The lowest BCUT2D eigenvalue weighted by molar-refractivity contribution is -0.120. The highest BCUT2D eigenvalue weighted by atomic mass is 32.1. The zero-order valence-corrected chi connectivity index (χ0v) is 14.4. The number of aromatic nitrogens is 1. The van der Waals surface area contributed by atoms with Crippen LogP contribution in [0.4, 0.5) is 0 Å². The van der Waals surface area contributed by atoms with Crippen LogP contribution in [0.5, 0.6) is 0 Å². The van der Waals surface area contributed by atoms with Gasteiger partial charge in [0.2, 0.25) is 0 Å². The summed E-state index contributed by atoms with van der Waals surface area (Å²) in [5.41, 5.74) is 2.43. The van der Waals surface area contributed by atoms with Gasteiger partial charge < -0.3 is 0 Å². The van der Waals surface area contributed by atoms with Gasteiger partial charge in [-0.25, -0.2) is 4.98 Å². The molecule has 0 aliphatic heterocycles. The van der Waals surface area contributed by atoms with Crippen molar-refractivity contribution < 1.29 is 4.79 Å². The first-order chi connectivity index (χ1) is 9.95. The fourth-order valence-corrected chi connectivity index (χ4v) is 4.85. The average Bonchev–Trinajstić information content (AvgIpc) is 3.05. The third-order valence-electron chi connectivity index (χ3n) is 4.09. The summed E-state index contributed by atoms with van der Waals surface area (Å²) in [4.78, 5) is 18.7. The predicted molar refractivity (Wildman–Crippen MR) is 89.5 cm³/mol. The molecular weight excluding hydrogens is 298 g/mol. The smallest absolute Gasteiger partial charge is 0.147 e. The number of hydrogen-bond acceptors (Lipinski definition) is 4. The highest BCUT2D eigenvalue weighted by Crippen LogP contribution is 2.36. The van der Waals surface area contributed by atoms with Crippen LogP contribution < -0.4 is 0 Å². The van der Waals surface area contributed by atoms with Gasteiger partial charge in [-0.2, -0.15) is 0 Å². The minimum Gasteiger partial charge on any atom is -0.299 e. The average molecular weight is 319 g/mol. The first kappa shape index (κ1) is 14.9. The molecule has 1 aliphatic carbocycles. The Balaban J connectivity index is 1.75. The van der Waals surface area contributed by atoms with E-state index in [0.717, 1.165) is 30.0 Å². The molecule has 0 saturated heterocycles. The van der Waals surface area contributed by atoms with Crippen molar-refractivity contribution in [3.05, 3.63) is 38.0 Å². The first-order valence-electron chi connectivity index (χ1n) is 7.49. The number of carbonyl (C=O) groups is 1. The van der Waals surface area contributed by atoms with E-state index in [-0.39, 0.29) is 11.3 Å². The molecule has 0 amide bonds. The molecule has 21 heavy (non-hydrogen) atoms. The van der Waals surface area contributed by atoms with Crippen LogP contribution in [0.2, 0.25) is 0 Å². The summed E-state index contributed by atoms with van der Waals surface area (Å²) in [6.45, 7) is 6.48. The van der Waals surface area contributed by atoms with Gasteiger partial charge in [-0.1, -0.05) is 20.8 Å². The fourth-order valence-electron chi connectivity index (χ4n) is 2.83. The van der Waals surface area contributed by atoms with Crippen LogP contribution in [-0.4, -0.2) is 10.8 Å². The second kappa shape index (κ2) is 5.65. The standard InChI is InChI=1S/C17H21NOS2/c1-17(2,3)15-10-21-16(18-15)9-13(19)11-5-4-6-14-12(11)7-8-20-14/h7-8,10-11H,4-6,9H2,1-3H3. The molecule has 2 nitrogen and oxygen atoms in total. The molecule has 0 aromatic carbocycles. The number of thiazole rings is 1. The van der Waals surface area contributed by atoms with E-state index in [4.69, 9.17) is 0 Å². The van der Waals surface area contributed by atoms with Crippen molar-refractivity contribution in [3.63, 3.8) is 0 Å². The van der Waals surface area contributed by atoms with Gasteiger partial charge in [0.25, 0.3) is 0 Å². The summed E-state index contributed by atoms with van der Waals surface area (Å²) in [6.07, 6.45) is 3.76. The predicted octanol–water partition coefficient (Wildman–Crippen LogP) is 4.73. The number of aryl methyl sites for hydroxylation is 1. The van der Waals surface area contributed by atoms with Crippen molar-refractivity contribution in [1.82, 2.24) is 4.98 Å². The Morgan fingerprint density at radius 2 is 2.19 bits per heavy atom. The van der Waals surface area contributed by atoms with Gasteiger partial charge in [-0.05, 0) is 36.3 Å². The van der Waals surface area contributed by atoms with Crippen LogP contribution >= 0.6 is 22.7 Å². The Bertz CT molecular complexity index is 648. The molecule has 0 N–H and O–H groups in total. The molecule has 0 bridgehead atoms. The minimum absolute atomic E-state index is 0.0587. The third kappa shape index (κ3) is 3.11. The number of fused-ring (bicyclic) bond motifs is 1. The summed E-state index contributed by atoms with van der Waals surface area (Å²) < 4.78 is 0. The van der Waals surface area contributed by atoms with Crippen LogP contribution in [0.1, 0.15) is 60.7 Å². The molecule has 3 rings (SSSR count). The van der Waals surface area contributed by atoms with E-state index < -0.39 is 0 Å². The zero-order chi connectivity index (χ0) is 15.0. The Hall–Kier alpha value is -1.00. The van der Waals surface area contributed by atoms with Crippen molar-refractivity contribution in [3.8, 4) is 0 Å². The monoisotopic (exact) mass is 319 g/mol. The number of thiophene rings is 1. The van der Waals surface area contributed by atoms with E-state index in [0.29, 0.717) is 12.2 Å². The van der Waals surface area contributed by atoms with Crippen LogP contribution in [0.15, 0.2) is 16.8 Å². The molecule has 1 aliphatic rings. The van der Waals surface area contributed by atoms with E-state index in [1.54, 1.807) is 22.7 Å². The summed E-state index contributed by atoms with van der Waals surface area (Å²) in [6, 6.07) is 2.14. The van der Waals surface area contributed by atoms with Crippen molar-refractivity contribution >= 4 is 28.5 Å². The summed E-state index contributed by atoms with van der Waals surface area (Å²) in [5.74, 6) is 0.436. The normalized spacial score (nSPS) is 18.5. The molecule has 2 heterocycles. The fraction of sp³-hybridized carbons (Fsp3) is 0.529. The highest BCUT2D eigenvalue weighted by Gasteiger charge is 2.28. The SMILES string of the molecule is CC(C)(C)c1csc(CC(=O)C2CCCc3sccc32)n1. The summed E-state index contributed by atoms with van der Waals surface area (Å²) in [7, 11) is 0. The topological polar surface area (TPSA) is 30.0 Å². The molecule has 2 aromatic heterocycles. The van der Waals surface area contributed by atoms with E-state index in [1.807, 2.05) is 0 Å². The number of carbonyl (C=O) groups excluding carboxylic acids is 1. The quantitative estimate of drug-likeness (QED) is 0.818. The largest absolute Gasteiger partial charge is 0.299 e. The van der Waals surface area contributed by atoms with E-state index in [9.17, 15) is 4.79 Å². The van der Waals surface area contributed by atoms with Gasteiger partial charge in [-0.15, -0.1) is 22.7 Å². The first-order valence-corrected chi connectivity index (χ1v) is 9.25. The molecule has 112 valence electrons. The number of nitrogens with zero attached hydrogens (tertiary/aromatic N) is 1. The van der Waals surface area contributed by atoms with Gasteiger partial charge >= 0.3 is 0 Å². The van der Waals surface area contributed by atoms with Crippen molar-refractivity contribution in [2.45, 2.75) is 57.8 Å². The molecule has 1 unspecified atom stereocenters. The van der Waals surface area contributed by atoms with Gasteiger partial charge in [-0.3, -0.25) is 4.79 Å². The van der Waals surface area contributed by atoms with Crippen molar-refractivity contribution in [2.75, 3.05) is 0 Å². The van der Waals surface area contributed by atoms with Gasteiger partial charge in [0.15, 0.2) is 0 Å². The minimum atomic E-state index is 0.0587. The lowest BCUT2D eigenvalue weighted by Crippen LogP contribution is -2.19. The lowest BCUT2D eigenvalue weighted by Gasteiger charge is -2.21. The Morgan fingerprint density at radius 3 is 2.90 bits per heavy atom. The maximum absolute atomic E-state index is 12.7. The van der Waals surface area contributed by atoms with Gasteiger partial charge in [0.1, 0.15) is 10.8 Å². The van der Waals surface area contributed by atoms with E-state index in [2.05, 4.69) is 42.6 Å². The van der Waals surface area contributed by atoms with Crippen LogP contribution in [-0.2, 0) is 23.1 Å². The highest BCUT2D eigenvalue weighted by molar-refractivity contribution is 7.10. The van der Waals surface area contributed by atoms with E-state index >= 15 is 0 Å². The van der Waals surface area contributed by atoms with Crippen LogP contribution in [0.3, 0.4) is 0 Å². The van der Waals surface area contributed by atoms with Crippen LogP contribution in [0, 0.1) is 0 Å². The molecule has 1 atom stereocenters. The molecule has 0 spiro atoms. The second-order valence-electron chi connectivity index (χ2n) is 6.76. The van der Waals surface area contributed by atoms with Crippen LogP contribution in [0.25, 0.3) is 0 Å². The molecule has 0 fully saturated rings. The maximum atomic E-state index is 12.7. The summed E-state index contributed by atoms with van der Waals surface area (Å²) >= 11 is 3.42. The number of hydrogen-bond donors (Lipinski definition) is 0. The number of Topliss-reactive ketones (excluding diaryl/α,β-unsaturated/α-hetero) is 1. The van der Waals surface area contributed by atoms with E-state index in [1.165, 1.54) is 10.4 Å². The lowest BCUT2D eigenvalue weighted by atomic mass is 9.84. The van der Waals surface area contributed by atoms with Crippen molar-refractivity contribution in [2.24, 2.45) is 0 Å². The number of rotatable bonds is 3. The second-order valence-corrected chi connectivity index (χ2v) is 8.71. The Morgan fingerprint density at radius 1 is 1.38 bits per heavy atom. The molecular formula is C17H21NOS2. The van der Waals surface area contributed by atoms with Gasteiger partial charge in [0, 0.05) is 21.6 Å². The molecule has 4 heteroatoms. The Kier molecular flexibility index (Phi) is 4.02. The number of ketones is 1. The maximum Gasteiger partial charge on any atom is 0.147 e. The van der Waals surface area contributed by atoms with Gasteiger partial charge in [0.05, 0.1) is 12.1 Å². The zero-order valence-electron chi connectivity index (χ0n) is 12.8. The third-order valence-corrected chi connectivity index (χ3v) is 5.93. The Labute approximate surface area is 134 Å².